The van der Waals surface area contributed by atoms with Gasteiger partial charge in [0.15, 0.2) is 5.69 Å². The summed E-state index contributed by atoms with van der Waals surface area (Å²) in [5.41, 5.74) is 0.471. The molecule has 0 bridgehead atoms. The first-order valence-corrected chi connectivity index (χ1v) is 8.60. The van der Waals surface area contributed by atoms with Gasteiger partial charge in [0, 0.05) is 37.7 Å². The lowest BCUT2D eigenvalue weighted by Gasteiger charge is -2.40. The zero-order valence-electron chi connectivity index (χ0n) is 12.5. The fraction of sp³-hybridized carbons (Fsp3) is 0.786. The van der Waals surface area contributed by atoms with Crippen molar-refractivity contribution in [3.63, 3.8) is 0 Å². The SMILES string of the molecule is CNC(=O)c1nnsc1N1CCC(N2CCCCC2)CC1. The smallest absolute Gasteiger partial charge is 0.274 e. The highest BCUT2D eigenvalue weighted by atomic mass is 32.1. The van der Waals surface area contributed by atoms with Crippen molar-refractivity contribution in [1.82, 2.24) is 19.8 Å². The average Bonchev–Trinajstić information content (AvgIpc) is 3.05. The van der Waals surface area contributed by atoms with Gasteiger partial charge >= 0.3 is 0 Å². The van der Waals surface area contributed by atoms with E-state index in [1.165, 1.54) is 56.7 Å². The van der Waals surface area contributed by atoms with E-state index in [1.807, 2.05) is 0 Å². The van der Waals surface area contributed by atoms with Gasteiger partial charge in [0.2, 0.25) is 0 Å². The number of amides is 1. The third-order valence-electron chi connectivity index (χ3n) is 4.57. The molecule has 6 nitrogen and oxygen atoms in total. The third-order valence-corrected chi connectivity index (χ3v) is 5.36. The molecule has 0 spiro atoms. The quantitative estimate of drug-likeness (QED) is 0.913. The second-order valence-corrected chi connectivity index (χ2v) is 6.55. The summed E-state index contributed by atoms with van der Waals surface area (Å²) in [5.74, 6) is -0.142. The molecule has 0 aromatic carbocycles. The van der Waals surface area contributed by atoms with Crippen LogP contribution in [-0.2, 0) is 0 Å². The maximum atomic E-state index is 11.8. The molecule has 1 aromatic rings. The first-order valence-electron chi connectivity index (χ1n) is 7.83. The van der Waals surface area contributed by atoms with Crippen molar-refractivity contribution in [1.29, 1.82) is 0 Å². The molecule has 0 atom stereocenters. The molecule has 0 radical (unpaired) electrons. The number of carbonyl (C=O) groups excluding carboxylic acids is 1. The van der Waals surface area contributed by atoms with Gasteiger partial charge in [-0.2, -0.15) is 0 Å². The molecular weight excluding hydrogens is 286 g/mol. The van der Waals surface area contributed by atoms with Crippen LogP contribution in [0.15, 0.2) is 0 Å². The van der Waals surface area contributed by atoms with Gasteiger partial charge in [-0.25, -0.2) is 0 Å². The number of aromatic nitrogens is 2. The Morgan fingerprint density at radius 2 is 1.90 bits per heavy atom. The number of carbonyl (C=O) groups is 1. The Labute approximate surface area is 129 Å². The molecule has 1 N–H and O–H groups in total. The van der Waals surface area contributed by atoms with Crippen molar-refractivity contribution < 1.29 is 4.79 Å². The van der Waals surface area contributed by atoms with Gasteiger partial charge in [0.25, 0.3) is 5.91 Å². The number of piperidine rings is 2. The van der Waals surface area contributed by atoms with Crippen LogP contribution in [0.3, 0.4) is 0 Å². The molecule has 2 aliphatic rings. The van der Waals surface area contributed by atoms with E-state index in [2.05, 4.69) is 24.7 Å². The summed E-state index contributed by atoms with van der Waals surface area (Å²) in [6.07, 6.45) is 6.42. The fourth-order valence-corrected chi connectivity index (χ4v) is 4.09. The lowest BCUT2D eigenvalue weighted by Crippen LogP contribution is -2.46. The highest BCUT2D eigenvalue weighted by molar-refractivity contribution is 7.10. The lowest BCUT2D eigenvalue weighted by atomic mass is 10.00. The minimum Gasteiger partial charge on any atom is -0.360 e. The number of nitrogens with one attached hydrogen (secondary N) is 1. The van der Waals surface area contributed by atoms with Crippen molar-refractivity contribution in [2.24, 2.45) is 0 Å². The molecular formula is C14H23N5OS. The Bertz CT molecular complexity index is 477. The number of nitrogens with zero attached hydrogens (tertiary/aromatic N) is 4. The molecule has 2 fully saturated rings. The second-order valence-electron chi connectivity index (χ2n) is 5.82. The Kier molecular flexibility index (Phi) is 4.70. The van der Waals surface area contributed by atoms with E-state index in [-0.39, 0.29) is 5.91 Å². The maximum absolute atomic E-state index is 11.8. The van der Waals surface area contributed by atoms with Crippen LogP contribution < -0.4 is 10.2 Å². The minimum atomic E-state index is -0.142. The molecule has 1 amide bonds. The van der Waals surface area contributed by atoms with Gasteiger partial charge in [0.05, 0.1) is 0 Å². The van der Waals surface area contributed by atoms with Crippen LogP contribution >= 0.6 is 11.5 Å². The Balaban J connectivity index is 1.60. The number of likely N-dealkylation sites (tertiary alicyclic amines) is 1. The molecule has 7 heteroatoms. The van der Waals surface area contributed by atoms with Crippen LogP contribution in [0.4, 0.5) is 5.00 Å². The molecule has 21 heavy (non-hydrogen) atoms. The summed E-state index contributed by atoms with van der Waals surface area (Å²) in [6.45, 7) is 4.51. The van der Waals surface area contributed by atoms with Crippen molar-refractivity contribution in [3.8, 4) is 0 Å². The molecule has 3 rings (SSSR count). The van der Waals surface area contributed by atoms with Crippen LogP contribution in [0.1, 0.15) is 42.6 Å². The molecule has 2 saturated heterocycles. The molecule has 0 saturated carbocycles. The summed E-state index contributed by atoms with van der Waals surface area (Å²) < 4.78 is 3.95. The summed E-state index contributed by atoms with van der Waals surface area (Å²) in [6, 6.07) is 0.714. The summed E-state index contributed by atoms with van der Waals surface area (Å²) in [7, 11) is 1.63. The van der Waals surface area contributed by atoms with E-state index in [0.29, 0.717) is 11.7 Å². The topological polar surface area (TPSA) is 61.4 Å². The van der Waals surface area contributed by atoms with E-state index in [0.717, 1.165) is 18.1 Å². The van der Waals surface area contributed by atoms with Gasteiger partial charge < -0.3 is 15.1 Å². The van der Waals surface area contributed by atoms with Gasteiger partial charge in [-0.15, -0.1) is 5.10 Å². The molecule has 116 valence electrons. The maximum Gasteiger partial charge on any atom is 0.274 e. The number of rotatable bonds is 3. The monoisotopic (exact) mass is 309 g/mol. The summed E-state index contributed by atoms with van der Waals surface area (Å²) >= 11 is 1.33. The van der Waals surface area contributed by atoms with E-state index >= 15 is 0 Å². The van der Waals surface area contributed by atoms with Crippen LogP contribution in [0, 0.1) is 0 Å². The van der Waals surface area contributed by atoms with E-state index in [4.69, 9.17) is 0 Å². The predicted molar refractivity (Wildman–Crippen MR) is 84.0 cm³/mol. The second kappa shape index (κ2) is 6.70. The summed E-state index contributed by atoms with van der Waals surface area (Å²) in [5, 5.41) is 7.54. The Hall–Kier alpha value is -1.21. The van der Waals surface area contributed by atoms with Crippen LogP contribution in [0.5, 0.6) is 0 Å². The Morgan fingerprint density at radius 1 is 1.19 bits per heavy atom. The number of hydrogen-bond donors (Lipinski definition) is 1. The molecule has 3 heterocycles. The van der Waals surface area contributed by atoms with Gasteiger partial charge in [-0.1, -0.05) is 10.9 Å². The predicted octanol–water partition coefficient (Wildman–Crippen LogP) is 1.35. The average molecular weight is 309 g/mol. The highest BCUT2D eigenvalue weighted by Gasteiger charge is 2.28. The lowest BCUT2D eigenvalue weighted by molar-refractivity contribution is 0.0958. The zero-order valence-corrected chi connectivity index (χ0v) is 13.4. The zero-order chi connectivity index (χ0) is 14.7. The van der Waals surface area contributed by atoms with Crippen LogP contribution in [0.25, 0.3) is 0 Å². The van der Waals surface area contributed by atoms with E-state index in [9.17, 15) is 4.79 Å². The molecule has 2 aliphatic heterocycles. The van der Waals surface area contributed by atoms with Crippen molar-refractivity contribution in [2.75, 3.05) is 38.1 Å². The van der Waals surface area contributed by atoms with Gasteiger partial charge in [-0.05, 0) is 38.8 Å². The molecule has 0 aliphatic carbocycles. The van der Waals surface area contributed by atoms with Crippen LogP contribution in [-0.4, -0.2) is 59.7 Å². The van der Waals surface area contributed by atoms with Crippen molar-refractivity contribution in [3.05, 3.63) is 5.69 Å². The first kappa shape index (κ1) is 14.7. The first-order chi connectivity index (χ1) is 10.3. The summed E-state index contributed by atoms with van der Waals surface area (Å²) in [4.78, 5) is 16.7. The standard InChI is InChI=1S/C14H23N5OS/c1-15-13(20)12-14(21-17-16-12)19-9-5-11(6-10-19)18-7-3-2-4-8-18/h11H,2-10H2,1H3,(H,15,20). The number of anilines is 1. The van der Waals surface area contributed by atoms with E-state index in [1.54, 1.807) is 7.05 Å². The Morgan fingerprint density at radius 3 is 2.57 bits per heavy atom. The largest absolute Gasteiger partial charge is 0.360 e. The molecule has 0 unspecified atom stereocenters. The van der Waals surface area contributed by atoms with Crippen molar-refractivity contribution in [2.45, 2.75) is 38.1 Å². The fourth-order valence-electron chi connectivity index (χ4n) is 3.37. The van der Waals surface area contributed by atoms with E-state index < -0.39 is 0 Å². The van der Waals surface area contributed by atoms with Crippen LogP contribution in [0.2, 0.25) is 0 Å². The third kappa shape index (κ3) is 3.18. The normalized spacial score (nSPS) is 21.5. The van der Waals surface area contributed by atoms with Gasteiger partial charge in [-0.3, -0.25) is 4.79 Å². The van der Waals surface area contributed by atoms with Crippen molar-refractivity contribution >= 4 is 22.4 Å². The minimum absolute atomic E-state index is 0.142. The van der Waals surface area contributed by atoms with Gasteiger partial charge in [0.1, 0.15) is 5.00 Å². The molecule has 1 aromatic heterocycles. The number of hydrogen-bond acceptors (Lipinski definition) is 6. The highest BCUT2D eigenvalue weighted by Crippen LogP contribution is 2.28.